The molecule has 1 N–H and O–H groups in total. The normalized spacial score (nSPS) is 23.6. The minimum absolute atomic E-state index is 0.623. The third-order valence-corrected chi connectivity index (χ3v) is 5.11. The maximum atomic E-state index is 6.02. The lowest BCUT2D eigenvalue weighted by molar-refractivity contribution is 0.0142. The molecular weight excluding hydrogens is 304 g/mol. The molecule has 2 aliphatic rings. The summed E-state index contributed by atoms with van der Waals surface area (Å²) in [5.74, 6) is 1.90. The fourth-order valence-electron chi connectivity index (χ4n) is 3.76. The summed E-state index contributed by atoms with van der Waals surface area (Å²) in [5.41, 5.74) is 0.935. The van der Waals surface area contributed by atoms with Crippen LogP contribution in [0.5, 0.6) is 0 Å². The van der Waals surface area contributed by atoms with E-state index in [0.717, 1.165) is 63.2 Å². The molecule has 6 heteroatoms. The van der Waals surface area contributed by atoms with E-state index < -0.39 is 0 Å². The fourth-order valence-corrected chi connectivity index (χ4v) is 3.76. The molecule has 4 rings (SSSR count). The molecule has 0 spiro atoms. The van der Waals surface area contributed by atoms with E-state index in [1.807, 2.05) is 12.1 Å². The Morgan fingerprint density at radius 2 is 2.04 bits per heavy atom. The summed E-state index contributed by atoms with van der Waals surface area (Å²) >= 11 is 0. The molecule has 0 aromatic carbocycles. The van der Waals surface area contributed by atoms with Crippen LogP contribution in [0.25, 0.3) is 11.5 Å². The van der Waals surface area contributed by atoms with Gasteiger partial charge in [0.25, 0.3) is 0 Å². The first-order valence-electron chi connectivity index (χ1n) is 9.01. The van der Waals surface area contributed by atoms with Gasteiger partial charge in [-0.15, -0.1) is 0 Å². The number of aromatic nitrogens is 2. The molecule has 0 amide bonds. The van der Waals surface area contributed by atoms with E-state index in [1.165, 1.54) is 19.3 Å². The van der Waals surface area contributed by atoms with Gasteiger partial charge in [0.1, 0.15) is 11.5 Å². The summed E-state index contributed by atoms with van der Waals surface area (Å²) in [6, 6.07) is 6.68. The average Bonchev–Trinajstić information content (AvgIpc) is 3.29. The van der Waals surface area contributed by atoms with Gasteiger partial charge in [0.05, 0.1) is 19.8 Å². The zero-order chi connectivity index (χ0) is 16.2. The first-order chi connectivity index (χ1) is 11.9. The second-order valence-corrected chi connectivity index (χ2v) is 6.77. The van der Waals surface area contributed by atoms with Gasteiger partial charge in [0, 0.05) is 31.9 Å². The predicted octanol–water partition coefficient (Wildman–Crippen LogP) is 2.36. The molecule has 0 bridgehead atoms. The molecule has 0 aliphatic carbocycles. The van der Waals surface area contributed by atoms with Crippen LogP contribution in [-0.4, -0.2) is 65.4 Å². The third-order valence-electron chi connectivity index (χ3n) is 5.11. The Hall–Kier alpha value is -1.63. The number of nitrogens with one attached hydrogen (secondary N) is 1. The zero-order valence-corrected chi connectivity index (χ0v) is 14.1. The van der Waals surface area contributed by atoms with Crippen molar-refractivity contribution < 1.29 is 9.15 Å². The summed E-state index contributed by atoms with van der Waals surface area (Å²) < 4.78 is 11.5. The number of likely N-dealkylation sites (tertiary alicyclic amines) is 1. The highest BCUT2D eigenvalue weighted by molar-refractivity contribution is 5.51. The number of morpholine rings is 1. The van der Waals surface area contributed by atoms with E-state index in [-0.39, 0.29) is 0 Å². The van der Waals surface area contributed by atoms with Crippen molar-refractivity contribution in [2.75, 3.05) is 39.4 Å². The van der Waals surface area contributed by atoms with E-state index in [0.29, 0.717) is 6.04 Å². The van der Waals surface area contributed by atoms with Crippen molar-refractivity contribution in [3.63, 3.8) is 0 Å². The van der Waals surface area contributed by atoms with Crippen LogP contribution in [0, 0.1) is 0 Å². The van der Waals surface area contributed by atoms with Crippen molar-refractivity contribution in [3.05, 3.63) is 30.2 Å². The smallest absolute Gasteiger partial charge is 0.152 e. The van der Waals surface area contributed by atoms with Crippen LogP contribution in [0.2, 0.25) is 0 Å². The summed E-state index contributed by atoms with van der Waals surface area (Å²) in [5, 5.41) is 6.95. The van der Waals surface area contributed by atoms with Crippen molar-refractivity contribution in [3.8, 4) is 11.5 Å². The van der Waals surface area contributed by atoms with E-state index in [9.17, 15) is 0 Å². The number of furan rings is 1. The Balaban J connectivity index is 1.39. The number of piperidine rings is 1. The van der Waals surface area contributed by atoms with Crippen LogP contribution in [-0.2, 0) is 11.3 Å². The summed E-state index contributed by atoms with van der Waals surface area (Å²) in [6.45, 7) is 7.08. The third kappa shape index (κ3) is 3.71. The van der Waals surface area contributed by atoms with Gasteiger partial charge in [-0.3, -0.25) is 14.9 Å². The minimum Gasteiger partial charge on any atom is -0.458 e. The Morgan fingerprint density at radius 1 is 1.12 bits per heavy atom. The van der Waals surface area contributed by atoms with Crippen LogP contribution in [0.4, 0.5) is 0 Å². The van der Waals surface area contributed by atoms with Gasteiger partial charge < -0.3 is 9.15 Å². The van der Waals surface area contributed by atoms with E-state index in [1.54, 1.807) is 6.20 Å². The number of ether oxygens (including phenoxy) is 1. The molecule has 2 fully saturated rings. The largest absolute Gasteiger partial charge is 0.458 e. The highest BCUT2D eigenvalue weighted by Crippen LogP contribution is 2.24. The second kappa shape index (κ2) is 7.51. The van der Waals surface area contributed by atoms with Crippen LogP contribution in [0.15, 0.2) is 28.8 Å². The first-order valence-corrected chi connectivity index (χ1v) is 9.01. The SMILES string of the molecule is c1cc(-c2ccc(CN3CCCC[C@H]3CN3CCOCC3)o2)[nH]n1. The molecule has 0 saturated carbocycles. The quantitative estimate of drug-likeness (QED) is 0.912. The van der Waals surface area contributed by atoms with Crippen LogP contribution in [0.3, 0.4) is 0 Å². The number of rotatable bonds is 5. The molecule has 2 aromatic rings. The predicted molar refractivity (Wildman–Crippen MR) is 91.6 cm³/mol. The number of aromatic amines is 1. The van der Waals surface area contributed by atoms with Gasteiger partial charge in [-0.25, -0.2) is 0 Å². The fraction of sp³-hybridized carbons (Fsp3) is 0.611. The molecule has 2 saturated heterocycles. The molecule has 130 valence electrons. The van der Waals surface area contributed by atoms with Crippen molar-refractivity contribution in [2.24, 2.45) is 0 Å². The Bertz CT molecular complexity index is 619. The summed E-state index contributed by atoms with van der Waals surface area (Å²) in [6.07, 6.45) is 5.66. The van der Waals surface area contributed by atoms with Crippen LogP contribution in [0.1, 0.15) is 25.0 Å². The summed E-state index contributed by atoms with van der Waals surface area (Å²) in [4.78, 5) is 5.14. The molecule has 4 heterocycles. The van der Waals surface area contributed by atoms with Crippen LogP contribution < -0.4 is 0 Å². The maximum absolute atomic E-state index is 6.02. The molecule has 0 radical (unpaired) electrons. The van der Waals surface area contributed by atoms with Gasteiger partial charge >= 0.3 is 0 Å². The molecular formula is C18H26N4O2. The number of hydrogen-bond donors (Lipinski definition) is 1. The topological polar surface area (TPSA) is 57.5 Å². The van der Waals surface area contributed by atoms with E-state index in [4.69, 9.17) is 9.15 Å². The van der Waals surface area contributed by atoms with Gasteiger partial charge in [-0.05, 0) is 37.6 Å². The van der Waals surface area contributed by atoms with Crippen LogP contribution >= 0.6 is 0 Å². The van der Waals surface area contributed by atoms with Gasteiger partial charge in [-0.2, -0.15) is 5.10 Å². The lowest BCUT2D eigenvalue weighted by Gasteiger charge is -2.39. The zero-order valence-electron chi connectivity index (χ0n) is 14.1. The molecule has 6 nitrogen and oxygen atoms in total. The highest BCUT2D eigenvalue weighted by Gasteiger charge is 2.26. The van der Waals surface area contributed by atoms with Crippen molar-refractivity contribution in [1.29, 1.82) is 0 Å². The molecule has 0 unspecified atom stereocenters. The Labute approximate surface area is 142 Å². The number of hydrogen-bond acceptors (Lipinski definition) is 5. The van der Waals surface area contributed by atoms with Crippen molar-refractivity contribution in [1.82, 2.24) is 20.0 Å². The molecule has 1 atom stereocenters. The molecule has 2 aromatic heterocycles. The van der Waals surface area contributed by atoms with Crippen molar-refractivity contribution >= 4 is 0 Å². The second-order valence-electron chi connectivity index (χ2n) is 6.77. The minimum atomic E-state index is 0.623. The van der Waals surface area contributed by atoms with Gasteiger partial charge in [0.15, 0.2) is 5.76 Å². The standard InChI is InChI=1S/C18H26N4O2/c1-2-8-22(15(3-1)13-21-9-11-23-12-10-21)14-16-4-5-18(24-16)17-6-7-19-20-17/h4-7,15H,1-3,8-14H2,(H,19,20)/t15-/m0/s1. The Kier molecular flexibility index (Phi) is 4.96. The van der Waals surface area contributed by atoms with E-state index in [2.05, 4.69) is 26.1 Å². The first kappa shape index (κ1) is 15.9. The van der Waals surface area contributed by atoms with E-state index >= 15 is 0 Å². The number of nitrogens with zero attached hydrogens (tertiary/aromatic N) is 3. The van der Waals surface area contributed by atoms with Gasteiger partial charge in [0.2, 0.25) is 0 Å². The molecule has 24 heavy (non-hydrogen) atoms. The van der Waals surface area contributed by atoms with Gasteiger partial charge in [-0.1, -0.05) is 6.42 Å². The lowest BCUT2D eigenvalue weighted by atomic mass is 10.0. The average molecular weight is 330 g/mol. The molecule has 2 aliphatic heterocycles. The Morgan fingerprint density at radius 3 is 2.88 bits per heavy atom. The van der Waals surface area contributed by atoms with Crippen molar-refractivity contribution in [2.45, 2.75) is 31.8 Å². The highest BCUT2D eigenvalue weighted by atomic mass is 16.5. The lowest BCUT2D eigenvalue weighted by Crippen LogP contribution is -2.49. The number of H-pyrrole nitrogens is 1. The monoisotopic (exact) mass is 330 g/mol. The summed E-state index contributed by atoms with van der Waals surface area (Å²) in [7, 11) is 0. The maximum Gasteiger partial charge on any atom is 0.152 e.